The molecule has 8 nitrogen and oxygen atoms in total. The minimum atomic E-state index is -0.606. The largest absolute Gasteiger partial charge is 0.508 e. The van der Waals surface area contributed by atoms with E-state index in [2.05, 4.69) is 40.2 Å². The lowest BCUT2D eigenvalue weighted by molar-refractivity contribution is 0.106. The molecule has 0 bridgehead atoms. The van der Waals surface area contributed by atoms with Gasteiger partial charge >= 0.3 is 6.03 Å². The Balaban J connectivity index is 1.29. The van der Waals surface area contributed by atoms with E-state index < -0.39 is 6.10 Å². The van der Waals surface area contributed by atoms with E-state index in [9.17, 15) is 15.0 Å². The van der Waals surface area contributed by atoms with Crippen molar-refractivity contribution in [1.29, 1.82) is 0 Å². The van der Waals surface area contributed by atoms with Gasteiger partial charge in [0, 0.05) is 38.4 Å². The highest BCUT2D eigenvalue weighted by Gasteiger charge is 2.21. The molecule has 32 heavy (non-hydrogen) atoms. The van der Waals surface area contributed by atoms with Crippen LogP contribution in [0.25, 0.3) is 0 Å². The number of nitrogens with one attached hydrogen (secondary N) is 3. The Morgan fingerprint density at radius 2 is 1.81 bits per heavy atom. The Bertz CT molecular complexity index is 821. The number of aliphatic hydroxyl groups excluding tert-OH is 1. The van der Waals surface area contributed by atoms with Gasteiger partial charge in [-0.15, -0.1) is 0 Å². The zero-order valence-corrected chi connectivity index (χ0v) is 18.6. The summed E-state index contributed by atoms with van der Waals surface area (Å²) in [5, 5.41) is 28.8. The van der Waals surface area contributed by atoms with Crippen LogP contribution >= 0.6 is 0 Å². The van der Waals surface area contributed by atoms with Gasteiger partial charge in [-0.2, -0.15) is 0 Å². The number of piperidine rings is 1. The van der Waals surface area contributed by atoms with Crippen molar-refractivity contribution >= 4 is 11.7 Å². The van der Waals surface area contributed by atoms with E-state index >= 15 is 0 Å². The average Bonchev–Trinajstić information content (AvgIpc) is 2.82. The molecule has 1 aliphatic heterocycles. The minimum absolute atomic E-state index is 0.00111. The fraction of sp³-hybridized carbons (Fsp3) is 0.458. The van der Waals surface area contributed by atoms with Crippen LogP contribution in [-0.4, -0.2) is 73.1 Å². The summed E-state index contributed by atoms with van der Waals surface area (Å²) in [6, 6.07) is 15.3. The van der Waals surface area contributed by atoms with Crippen LogP contribution in [0.5, 0.6) is 11.5 Å². The number of phenols is 1. The molecule has 1 atom stereocenters. The van der Waals surface area contributed by atoms with E-state index in [4.69, 9.17) is 4.74 Å². The fourth-order valence-corrected chi connectivity index (χ4v) is 3.68. The predicted octanol–water partition coefficient (Wildman–Crippen LogP) is 2.18. The van der Waals surface area contributed by atoms with E-state index in [0.717, 1.165) is 44.6 Å². The molecule has 0 aliphatic carbocycles. The zero-order valence-electron chi connectivity index (χ0n) is 18.6. The third-order valence-electron chi connectivity index (χ3n) is 5.57. The van der Waals surface area contributed by atoms with Crippen molar-refractivity contribution in [2.24, 2.45) is 0 Å². The molecule has 8 heteroatoms. The zero-order chi connectivity index (χ0) is 22.8. The number of hydrogen-bond donors (Lipinski definition) is 5. The maximum atomic E-state index is 11.7. The number of anilines is 1. The van der Waals surface area contributed by atoms with E-state index in [1.165, 1.54) is 5.56 Å². The molecular formula is C24H34N4O4. The number of hydrogen-bond acceptors (Lipinski definition) is 6. The lowest BCUT2D eigenvalue weighted by Crippen LogP contribution is -2.45. The molecular weight excluding hydrogens is 408 g/mol. The highest BCUT2D eigenvalue weighted by Crippen LogP contribution is 2.18. The molecule has 3 rings (SSSR count). The maximum Gasteiger partial charge on any atom is 0.317 e. The third-order valence-corrected chi connectivity index (χ3v) is 5.57. The highest BCUT2D eigenvalue weighted by molar-refractivity contribution is 5.73. The second-order valence-corrected chi connectivity index (χ2v) is 8.07. The molecule has 2 aromatic carbocycles. The minimum Gasteiger partial charge on any atom is -0.508 e. The van der Waals surface area contributed by atoms with Crippen molar-refractivity contribution < 1.29 is 19.7 Å². The number of likely N-dealkylation sites (tertiary alicyclic amines) is 1. The molecule has 0 unspecified atom stereocenters. The summed E-state index contributed by atoms with van der Waals surface area (Å²) in [6.45, 7) is 2.95. The van der Waals surface area contributed by atoms with Gasteiger partial charge in [0.2, 0.25) is 0 Å². The summed E-state index contributed by atoms with van der Waals surface area (Å²) in [5.74, 6) is 0.805. The molecule has 0 radical (unpaired) electrons. The first-order valence-corrected chi connectivity index (χ1v) is 11.2. The molecule has 2 aromatic rings. The number of phenolic OH excluding ortho intramolecular Hbond substituents is 1. The van der Waals surface area contributed by atoms with Gasteiger partial charge in [0.1, 0.15) is 24.2 Å². The summed E-state index contributed by atoms with van der Waals surface area (Å²) >= 11 is 0. The Kier molecular flexibility index (Phi) is 9.01. The van der Waals surface area contributed by atoms with E-state index in [0.29, 0.717) is 18.3 Å². The number of urea groups is 1. The van der Waals surface area contributed by atoms with Gasteiger partial charge in [-0.05, 0) is 67.8 Å². The maximum absolute atomic E-state index is 11.7. The van der Waals surface area contributed by atoms with Crippen molar-refractivity contribution in [3.8, 4) is 11.5 Å². The van der Waals surface area contributed by atoms with Gasteiger partial charge in [-0.25, -0.2) is 4.79 Å². The molecule has 5 N–H and O–H groups in total. The molecule has 1 aliphatic rings. The smallest absolute Gasteiger partial charge is 0.317 e. The summed E-state index contributed by atoms with van der Waals surface area (Å²) in [7, 11) is 1.67. The first kappa shape index (κ1) is 23.7. The van der Waals surface area contributed by atoms with Crippen LogP contribution in [0.4, 0.5) is 10.5 Å². The van der Waals surface area contributed by atoms with Crippen molar-refractivity contribution in [1.82, 2.24) is 15.5 Å². The summed E-state index contributed by atoms with van der Waals surface area (Å²) in [5.41, 5.74) is 2.33. The van der Waals surface area contributed by atoms with Crippen molar-refractivity contribution in [2.45, 2.75) is 31.4 Å². The van der Waals surface area contributed by atoms with Gasteiger partial charge in [-0.3, -0.25) is 0 Å². The predicted molar refractivity (Wildman–Crippen MR) is 125 cm³/mol. The van der Waals surface area contributed by atoms with Crippen LogP contribution in [0, 0.1) is 0 Å². The Morgan fingerprint density at radius 1 is 1.12 bits per heavy atom. The van der Waals surface area contributed by atoms with E-state index in [1.807, 2.05) is 4.90 Å². The second kappa shape index (κ2) is 12.2. The van der Waals surface area contributed by atoms with Gasteiger partial charge in [-0.1, -0.05) is 12.1 Å². The molecule has 1 saturated heterocycles. The standard InChI is InChI=1S/C24H34N4O4/c1-25-24(31)28-14-11-20(12-15-28)27-19-4-2-18(3-5-19)10-13-26-16-22(30)17-32-23-8-6-21(29)7-9-23/h2-9,20,22,26-27,29-30H,10-17H2,1H3,(H,25,31)/t22-/m0/s1. The number of nitrogens with zero attached hydrogens (tertiary/aromatic N) is 1. The number of aliphatic hydroxyl groups is 1. The van der Waals surface area contributed by atoms with Gasteiger partial charge in [0.15, 0.2) is 0 Å². The normalized spacial score (nSPS) is 15.2. The lowest BCUT2D eigenvalue weighted by atomic mass is 10.0. The van der Waals surface area contributed by atoms with Gasteiger partial charge in [0.05, 0.1) is 0 Å². The summed E-state index contributed by atoms with van der Waals surface area (Å²) in [4.78, 5) is 13.5. The van der Waals surface area contributed by atoms with E-state index in [-0.39, 0.29) is 18.4 Å². The Labute approximate surface area is 189 Å². The molecule has 0 aromatic heterocycles. The SMILES string of the molecule is CNC(=O)N1CCC(Nc2ccc(CCNC[C@H](O)COc3ccc(O)cc3)cc2)CC1. The molecule has 1 heterocycles. The number of benzene rings is 2. The number of amides is 2. The molecule has 0 saturated carbocycles. The number of carbonyl (C=O) groups is 1. The second-order valence-electron chi connectivity index (χ2n) is 8.07. The number of aromatic hydroxyl groups is 1. The first-order chi connectivity index (χ1) is 15.5. The molecule has 1 fully saturated rings. The van der Waals surface area contributed by atoms with Gasteiger partial charge in [0.25, 0.3) is 0 Å². The number of ether oxygens (including phenoxy) is 1. The van der Waals surface area contributed by atoms with Crippen LogP contribution in [0.15, 0.2) is 48.5 Å². The summed E-state index contributed by atoms with van der Waals surface area (Å²) < 4.78 is 5.51. The van der Waals surface area contributed by atoms with Crippen LogP contribution in [0.3, 0.4) is 0 Å². The van der Waals surface area contributed by atoms with Crippen LogP contribution in [0.1, 0.15) is 18.4 Å². The van der Waals surface area contributed by atoms with Crippen molar-refractivity contribution in [3.05, 3.63) is 54.1 Å². The van der Waals surface area contributed by atoms with Gasteiger partial charge < -0.3 is 35.8 Å². The third kappa shape index (κ3) is 7.62. The van der Waals surface area contributed by atoms with Crippen LogP contribution < -0.4 is 20.7 Å². The molecule has 174 valence electrons. The van der Waals surface area contributed by atoms with Crippen molar-refractivity contribution in [2.75, 3.05) is 45.2 Å². The quantitative estimate of drug-likeness (QED) is 0.361. The van der Waals surface area contributed by atoms with Crippen LogP contribution in [0.2, 0.25) is 0 Å². The Hall–Kier alpha value is -2.97. The number of carbonyl (C=O) groups excluding carboxylic acids is 1. The first-order valence-electron chi connectivity index (χ1n) is 11.2. The van der Waals surface area contributed by atoms with Crippen LogP contribution in [-0.2, 0) is 6.42 Å². The number of rotatable bonds is 10. The molecule has 0 spiro atoms. The van der Waals surface area contributed by atoms with Crippen molar-refractivity contribution in [3.63, 3.8) is 0 Å². The average molecular weight is 443 g/mol. The Morgan fingerprint density at radius 3 is 2.47 bits per heavy atom. The summed E-state index contributed by atoms with van der Waals surface area (Å²) in [6.07, 6.45) is 2.15. The fourth-order valence-electron chi connectivity index (χ4n) is 3.68. The topological polar surface area (TPSA) is 106 Å². The molecule has 2 amide bonds. The lowest BCUT2D eigenvalue weighted by Gasteiger charge is -2.32. The highest BCUT2D eigenvalue weighted by atomic mass is 16.5. The monoisotopic (exact) mass is 442 g/mol. The van der Waals surface area contributed by atoms with E-state index in [1.54, 1.807) is 31.3 Å².